The Labute approximate surface area is 136 Å². The van der Waals surface area contributed by atoms with Crippen molar-refractivity contribution in [2.45, 2.75) is 25.1 Å². The number of carbonyl (C=O) groups excluding carboxylic acids is 1. The number of aliphatic hydroxyl groups is 1. The van der Waals surface area contributed by atoms with E-state index < -0.39 is 24.1 Å². The molecule has 0 aliphatic carbocycles. The summed E-state index contributed by atoms with van der Waals surface area (Å²) in [6.07, 6.45) is -0.171. The van der Waals surface area contributed by atoms with Crippen molar-refractivity contribution < 1.29 is 38.1 Å². The molecule has 0 radical (unpaired) electrons. The van der Waals surface area contributed by atoms with Crippen LogP contribution in [0.25, 0.3) is 0 Å². The third-order valence-electron chi connectivity index (χ3n) is 3.90. The lowest BCUT2D eigenvalue weighted by atomic mass is 9.91. The fourth-order valence-electron chi connectivity index (χ4n) is 2.47. The average molecular weight is 345 g/mol. The number of carboxylic acids is 1. The fraction of sp³-hybridized carbons (Fsp3) is 0.467. The molecular formula is C15H17F2NO6. The maximum absolute atomic E-state index is 12.4. The van der Waals surface area contributed by atoms with Crippen molar-refractivity contribution in [1.29, 1.82) is 0 Å². The summed E-state index contributed by atoms with van der Waals surface area (Å²) in [5, 5.41) is 18.8. The molecule has 0 bridgehead atoms. The summed E-state index contributed by atoms with van der Waals surface area (Å²) < 4.78 is 33.8. The van der Waals surface area contributed by atoms with Gasteiger partial charge in [-0.05, 0) is 18.2 Å². The second kappa shape index (κ2) is 7.00. The molecule has 1 aromatic rings. The minimum Gasteiger partial charge on any atom is -0.493 e. The van der Waals surface area contributed by atoms with Crippen molar-refractivity contribution in [2.24, 2.45) is 0 Å². The van der Waals surface area contributed by atoms with E-state index >= 15 is 0 Å². The van der Waals surface area contributed by atoms with Crippen LogP contribution in [0.1, 0.15) is 23.2 Å². The summed E-state index contributed by atoms with van der Waals surface area (Å²) in [4.78, 5) is 24.8. The largest absolute Gasteiger partial charge is 0.493 e. The molecule has 2 rings (SSSR count). The Hall–Kier alpha value is -2.42. The molecule has 0 saturated carbocycles. The molecule has 9 heteroatoms. The molecule has 2 N–H and O–H groups in total. The number of aliphatic carboxylic acids is 1. The number of methoxy groups -OCH3 is 1. The van der Waals surface area contributed by atoms with Crippen LogP contribution in [0.15, 0.2) is 18.2 Å². The highest BCUT2D eigenvalue weighted by Gasteiger charge is 2.40. The van der Waals surface area contributed by atoms with E-state index in [1.165, 1.54) is 30.2 Å². The standard InChI is InChI=1S/C15H17F2NO6/c1-23-11-8-9(2-3-10(11)24-14(16)17)12(19)18-6-4-15(22,5-7-18)13(20)21/h2-3,8,14,22H,4-7H2,1H3,(H,20,21). The number of hydrogen-bond acceptors (Lipinski definition) is 5. The van der Waals surface area contributed by atoms with E-state index in [4.69, 9.17) is 9.84 Å². The van der Waals surface area contributed by atoms with Gasteiger partial charge in [0.2, 0.25) is 0 Å². The Bertz CT molecular complexity index is 628. The number of alkyl halides is 2. The first-order chi connectivity index (χ1) is 11.3. The van der Waals surface area contributed by atoms with Crippen LogP contribution in [0.4, 0.5) is 8.78 Å². The van der Waals surface area contributed by atoms with E-state index in [0.717, 1.165) is 0 Å². The number of benzene rings is 1. The molecule has 24 heavy (non-hydrogen) atoms. The predicted octanol–water partition coefficient (Wildman–Crippen LogP) is 1.35. The van der Waals surface area contributed by atoms with Crippen LogP contribution in [0.3, 0.4) is 0 Å². The predicted molar refractivity (Wildman–Crippen MR) is 77.3 cm³/mol. The summed E-state index contributed by atoms with van der Waals surface area (Å²) in [7, 11) is 1.26. The van der Waals surface area contributed by atoms with E-state index in [2.05, 4.69) is 4.74 Å². The van der Waals surface area contributed by atoms with E-state index in [0.29, 0.717) is 0 Å². The molecule has 0 aromatic heterocycles. The third-order valence-corrected chi connectivity index (χ3v) is 3.90. The zero-order valence-electron chi connectivity index (χ0n) is 12.9. The summed E-state index contributed by atoms with van der Waals surface area (Å²) in [5.74, 6) is -1.93. The van der Waals surface area contributed by atoms with Gasteiger partial charge in [-0.25, -0.2) is 4.79 Å². The number of piperidine rings is 1. The molecule has 0 unspecified atom stereocenters. The molecule has 132 valence electrons. The quantitative estimate of drug-likeness (QED) is 0.836. The van der Waals surface area contributed by atoms with Gasteiger partial charge in [0.15, 0.2) is 17.1 Å². The van der Waals surface area contributed by atoms with Gasteiger partial charge < -0.3 is 24.6 Å². The van der Waals surface area contributed by atoms with E-state index in [1.54, 1.807) is 0 Å². The second-order valence-corrected chi connectivity index (χ2v) is 5.37. The van der Waals surface area contributed by atoms with E-state index in [9.17, 15) is 23.5 Å². The molecule has 1 amide bonds. The topological polar surface area (TPSA) is 96.3 Å². The second-order valence-electron chi connectivity index (χ2n) is 5.37. The van der Waals surface area contributed by atoms with Crippen LogP contribution in [-0.4, -0.2) is 59.4 Å². The first-order valence-corrected chi connectivity index (χ1v) is 7.15. The number of amides is 1. The van der Waals surface area contributed by atoms with Crippen LogP contribution in [-0.2, 0) is 4.79 Å². The monoisotopic (exact) mass is 345 g/mol. The molecular weight excluding hydrogens is 328 g/mol. The maximum Gasteiger partial charge on any atom is 0.387 e. The molecule has 1 aliphatic rings. The van der Waals surface area contributed by atoms with Gasteiger partial charge in [0.05, 0.1) is 7.11 Å². The van der Waals surface area contributed by atoms with Gasteiger partial charge in [0.1, 0.15) is 0 Å². The van der Waals surface area contributed by atoms with E-state index in [1.807, 2.05) is 0 Å². The Morgan fingerprint density at radius 2 is 1.88 bits per heavy atom. The van der Waals surface area contributed by atoms with Crippen LogP contribution in [0.5, 0.6) is 11.5 Å². The summed E-state index contributed by atoms with van der Waals surface area (Å²) >= 11 is 0. The van der Waals surface area contributed by atoms with Gasteiger partial charge >= 0.3 is 12.6 Å². The number of hydrogen-bond donors (Lipinski definition) is 2. The number of ether oxygens (including phenoxy) is 2. The Morgan fingerprint density at radius 1 is 1.25 bits per heavy atom. The number of rotatable bonds is 5. The fourth-order valence-corrected chi connectivity index (χ4v) is 2.47. The van der Waals surface area contributed by atoms with Crippen LogP contribution < -0.4 is 9.47 Å². The van der Waals surface area contributed by atoms with Gasteiger partial charge in [-0.15, -0.1) is 0 Å². The molecule has 0 spiro atoms. The highest BCUT2D eigenvalue weighted by molar-refractivity contribution is 5.95. The highest BCUT2D eigenvalue weighted by atomic mass is 19.3. The van der Waals surface area contributed by atoms with Crippen molar-refractivity contribution in [1.82, 2.24) is 4.90 Å². The van der Waals surface area contributed by atoms with Gasteiger partial charge in [-0.2, -0.15) is 8.78 Å². The SMILES string of the molecule is COc1cc(C(=O)N2CCC(O)(C(=O)O)CC2)ccc1OC(F)F. The first kappa shape index (κ1) is 17.9. The molecule has 0 atom stereocenters. The molecule has 1 aromatic carbocycles. The summed E-state index contributed by atoms with van der Waals surface area (Å²) in [6.45, 7) is -2.88. The number of carboxylic acid groups (broad SMARTS) is 1. The minimum absolute atomic E-state index is 0.0137. The third kappa shape index (κ3) is 3.73. The van der Waals surface area contributed by atoms with Gasteiger partial charge in [-0.1, -0.05) is 0 Å². The van der Waals surface area contributed by atoms with Gasteiger partial charge in [-0.3, -0.25) is 4.79 Å². The lowest BCUT2D eigenvalue weighted by Gasteiger charge is -2.35. The van der Waals surface area contributed by atoms with Gasteiger partial charge in [0.25, 0.3) is 5.91 Å². The summed E-state index contributed by atoms with van der Waals surface area (Å²) in [5.41, 5.74) is -1.64. The highest BCUT2D eigenvalue weighted by Crippen LogP contribution is 2.31. The van der Waals surface area contributed by atoms with Crippen LogP contribution in [0.2, 0.25) is 0 Å². The normalized spacial score (nSPS) is 16.8. The number of halogens is 2. The smallest absolute Gasteiger partial charge is 0.387 e. The Balaban J connectivity index is 2.12. The minimum atomic E-state index is -3.02. The van der Waals surface area contributed by atoms with E-state index in [-0.39, 0.29) is 43.0 Å². The van der Waals surface area contributed by atoms with Gasteiger partial charge in [0, 0.05) is 31.5 Å². The molecule has 1 heterocycles. The molecule has 1 saturated heterocycles. The molecule has 7 nitrogen and oxygen atoms in total. The lowest BCUT2D eigenvalue weighted by Crippen LogP contribution is -2.50. The lowest BCUT2D eigenvalue weighted by molar-refractivity contribution is -0.162. The number of carbonyl (C=O) groups is 2. The maximum atomic E-state index is 12.4. The van der Waals surface area contributed by atoms with Crippen LogP contribution >= 0.6 is 0 Å². The summed E-state index contributed by atoms with van der Waals surface area (Å²) in [6, 6.07) is 3.80. The molecule has 1 fully saturated rings. The average Bonchev–Trinajstić information content (AvgIpc) is 2.54. The van der Waals surface area contributed by atoms with Crippen molar-refractivity contribution in [2.75, 3.05) is 20.2 Å². The Morgan fingerprint density at radius 3 is 2.38 bits per heavy atom. The van der Waals surface area contributed by atoms with Crippen LogP contribution in [0, 0.1) is 0 Å². The molecule has 1 aliphatic heterocycles. The number of nitrogens with zero attached hydrogens (tertiary/aromatic N) is 1. The van der Waals surface area contributed by atoms with Crippen molar-refractivity contribution in [3.8, 4) is 11.5 Å². The Kier molecular flexibility index (Phi) is 5.23. The number of likely N-dealkylation sites (tertiary alicyclic amines) is 1. The zero-order valence-corrected chi connectivity index (χ0v) is 12.9. The van der Waals surface area contributed by atoms with Crippen molar-refractivity contribution in [3.63, 3.8) is 0 Å². The van der Waals surface area contributed by atoms with Crippen molar-refractivity contribution >= 4 is 11.9 Å². The first-order valence-electron chi connectivity index (χ1n) is 7.15. The zero-order chi connectivity index (χ0) is 17.9. The van der Waals surface area contributed by atoms with Crippen molar-refractivity contribution in [3.05, 3.63) is 23.8 Å².